The summed E-state index contributed by atoms with van der Waals surface area (Å²) in [5, 5.41) is 18.8. The number of anilines is 2. The number of carbonyl (C=O) groups is 1. The Balaban J connectivity index is 0.000000412. The second-order valence-electron chi connectivity index (χ2n) is 4.59. The Morgan fingerprint density at radius 2 is 1.92 bits per heavy atom. The fraction of sp³-hybridized carbons (Fsp3) is 0.133. The molecule has 6 nitrogen and oxygen atoms in total. The Hall–Kier alpha value is -3.26. The number of rotatable bonds is 3. The van der Waals surface area contributed by atoms with Crippen LogP contribution in [0.1, 0.15) is 11.3 Å². The number of nitrogens with one attached hydrogen (secondary N) is 1. The minimum absolute atomic E-state index is 0.00606. The Bertz CT molecular complexity index is 834. The molecule has 2 aromatic rings. The van der Waals surface area contributed by atoms with Crippen LogP contribution in [-0.4, -0.2) is 22.2 Å². The van der Waals surface area contributed by atoms with Crippen molar-refractivity contribution >= 4 is 17.3 Å². The largest absolute Gasteiger partial charge is 0.490 e. The van der Waals surface area contributed by atoms with E-state index in [1.54, 1.807) is 0 Å². The highest BCUT2D eigenvalue weighted by atomic mass is 19.4. The number of aromatic nitrogens is 1. The molecule has 0 spiro atoms. The molecule has 0 unspecified atom stereocenters. The fourth-order valence-corrected chi connectivity index (χ4v) is 1.56. The number of hydrogen-bond acceptors (Lipinski definition) is 5. The third kappa shape index (κ3) is 5.99. The number of pyridine rings is 1. The first kappa shape index (κ1) is 20.8. The number of nitrogens with zero attached hydrogens (tertiary/aromatic N) is 2. The summed E-state index contributed by atoms with van der Waals surface area (Å²) in [5.41, 5.74) is 6.33. The molecule has 1 heterocycles. The van der Waals surface area contributed by atoms with Crippen molar-refractivity contribution in [1.29, 1.82) is 5.26 Å². The third-order valence-corrected chi connectivity index (χ3v) is 2.73. The van der Waals surface area contributed by atoms with E-state index in [4.69, 9.17) is 20.9 Å². The summed E-state index contributed by atoms with van der Waals surface area (Å²) in [4.78, 5) is 12.7. The van der Waals surface area contributed by atoms with Crippen LogP contribution in [-0.2, 0) is 11.3 Å². The van der Waals surface area contributed by atoms with E-state index < -0.39 is 23.8 Å². The van der Waals surface area contributed by atoms with E-state index in [1.807, 2.05) is 6.07 Å². The Morgan fingerprint density at radius 1 is 1.31 bits per heavy atom. The summed E-state index contributed by atoms with van der Waals surface area (Å²) < 4.78 is 58.2. The molecule has 138 valence electrons. The van der Waals surface area contributed by atoms with Crippen molar-refractivity contribution in [3.05, 3.63) is 53.4 Å². The molecule has 0 fully saturated rings. The van der Waals surface area contributed by atoms with Crippen LogP contribution in [0.5, 0.6) is 0 Å². The highest BCUT2D eigenvalue weighted by molar-refractivity contribution is 5.73. The van der Waals surface area contributed by atoms with E-state index in [9.17, 15) is 22.0 Å². The maximum Gasteiger partial charge on any atom is 0.490 e. The van der Waals surface area contributed by atoms with Crippen molar-refractivity contribution < 1.29 is 31.9 Å². The molecule has 0 saturated carbocycles. The summed E-state index contributed by atoms with van der Waals surface area (Å²) in [6.07, 6.45) is -3.68. The van der Waals surface area contributed by atoms with Gasteiger partial charge in [-0.05, 0) is 18.2 Å². The smallest absolute Gasteiger partial charge is 0.475 e. The van der Waals surface area contributed by atoms with Gasteiger partial charge in [0.15, 0.2) is 0 Å². The maximum atomic E-state index is 13.5. The lowest BCUT2D eigenvalue weighted by molar-refractivity contribution is -0.192. The minimum Gasteiger partial charge on any atom is -0.475 e. The number of hydrogen-bond donors (Lipinski definition) is 3. The van der Waals surface area contributed by atoms with Gasteiger partial charge in [0, 0.05) is 12.6 Å². The monoisotopic (exact) mass is 374 g/mol. The van der Waals surface area contributed by atoms with Gasteiger partial charge in [0.1, 0.15) is 17.7 Å². The average molecular weight is 374 g/mol. The first-order chi connectivity index (χ1) is 12.1. The van der Waals surface area contributed by atoms with Crippen LogP contribution < -0.4 is 11.1 Å². The number of halogens is 5. The Morgan fingerprint density at radius 3 is 2.38 bits per heavy atom. The van der Waals surface area contributed by atoms with Gasteiger partial charge in [0.2, 0.25) is 0 Å². The highest BCUT2D eigenvalue weighted by Gasteiger charge is 2.38. The summed E-state index contributed by atoms with van der Waals surface area (Å²) in [5.74, 6) is -3.80. The molecular weight excluding hydrogens is 363 g/mol. The number of carboxylic acid groups (broad SMARTS) is 1. The van der Waals surface area contributed by atoms with E-state index in [1.165, 1.54) is 24.4 Å². The zero-order chi connectivity index (χ0) is 19.9. The molecule has 1 aromatic carbocycles. The quantitative estimate of drug-likeness (QED) is 0.712. The standard InChI is InChI=1S/C13H10F2N4.C2HF3O2/c14-9-1-2-12(8(3-9)5-16)19-10-4-11(15)13(6-17)18-7-10;3-2(4,5)1(6)7/h1-4,7,19H,6,17H2;(H,6,7). The summed E-state index contributed by atoms with van der Waals surface area (Å²) >= 11 is 0. The van der Waals surface area contributed by atoms with Crippen LogP contribution in [0.25, 0.3) is 0 Å². The van der Waals surface area contributed by atoms with E-state index in [-0.39, 0.29) is 17.8 Å². The average Bonchev–Trinajstić information content (AvgIpc) is 2.56. The molecule has 4 N–H and O–H groups in total. The van der Waals surface area contributed by atoms with Crippen molar-refractivity contribution in [2.75, 3.05) is 5.32 Å². The lowest BCUT2D eigenvalue weighted by Crippen LogP contribution is -2.21. The zero-order valence-corrected chi connectivity index (χ0v) is 12.8. The van der Waals surface area contributed by atoms with Crippen molar-refractivity contribution in [3.63, 3.8) is 0 Å². The molecule has 11 heteroatoms. The SMILES string of the molecule is N#Cc1cc(F)ccc1Nc1cnc(CN)c(F)c1.O=C(O)C(F)(F)F. The number of alkyl halides is 3. The van der Waals surface area contributed by atoms with E-state index in [2.05, 4.69) is 10.3 Å². The molecule has 0 amide bonds. The van der Waals surface area contributed by atoms with E-state index >= 15 is 0 Å². The van der Waals surface area contributed by atoms with Crippen LogP contribution in [0.4, 0.5) is 33.3 Å². The van der Waals surface area contributed by atoms with Crippen molar-refractivity contribution in [1.82, 2.24) is 4.98 Å². The van der Waals surface area contributed by atoms with E-state index in [0.29, 0.717) is 11.4 Å². The maximum absolute atomic E-state index is 13.5. The topological polar surface area (TPSA) is 112 Å². The van der Waals surface area contributed by atoms with Crippen LogP contribution in [0.2, 0.25) is 0 Å². The molecule has 0 aliphatic heterocycles. The predicted molar refractivity (Wildman–Crippen MR) is 80.2 cm³/mol. The van der Waals surface area contributed by atoms with Crippen LogP contribution >= 0.6 is 0 Å². The summed E-state index contributed by atoms with van der Waals surface area (Å²) in [6, 6.07) is 6.79. The second kappa shape index (κ2) is 8.72. The summed E-state index contributed by atoms with van der Waals surface area (Å²) in [7, 11) is 0. The van der Waals surface area contributed by atoms with Gasteiger partial charge < -0.3 is 16.2 Å². The van der Waals surface area contributed by atoms with Crippen molar-refractivity contribution in [2.24, 2.45) is 5.73 Å². The van der Waals surface area contributed by atoms with Gasteiger partial charge in [-0.25, -0.2) is 13.6 Å². The van der Waals surface area contributed by atoms with Gasteiger partial charge in [-0.15, -0.1) is 0 Å². The van der Waals surface area contributed by atoms with Gasteiger partial charge in [0.25, 0.3) is 0 Å². The zero-order valence-electron chi connectivity index (χ0n) is 12.8. The van der Waals surface area contributed by atoms with Crippen molar-refractivity contribution in [2.45, 2.75) is 12.7 Å². The first-order valence-electron chi connectivity index (χ1n) is 6.69. The molecular formula is C15H11F5N4O2. The van der Waals surface area contributed by atoms with Gasteiger partial charge in [-0.1, -0.05) is 0 Å². The van der Waals surface area contributed by atoms with Gasteiger partial charge in [-0.3, -0.25) is 4.98 Å². The van der Waals surface area contributed by atoms with Gasteiger partial charge in [0.05, 0.1) is 28.8 Å². The number of nitrogens with two attached hydrogens (primary N) is 1. The van der Waals surface area contributed by atoms with Crippen LogP contribution in [0, 0.1) is 23.0 Å². The second-order valence-corrected chi connectivity index (χ2v) is 4.59. The minimum atomic E-state index is -5.08. The highest BCUT2D eigenvalue weighted by Crippen LogP contribution is 2.22. The molecule has 0 atom stereocenters. The fourth-order valence-electron chi connectivity index (χ4n) is 1.56. The molecule has 0 aliphatic carbocycles. The molecule has 26 heavy (non-hydrogen) atoms. The Kier molecular flexibility index (Phi) is 6.97. The predicted octanol–water partition coefficient (Wildman–Crippen LogP) is 3.07. The number of benzene rings is 1. The number of carboxylic acids is 1. The Labute approximate surface area is 143 Å². The van der Waals surface area contributed by atoms with Gasteiger partial charge >= 0.3 is 12.1 Å². The normalized spacial score (nSPS) is 10.3. The van der Waals surface area contributed by atoms with Crippen LogP contribution in [0.15, 0.2) is 30.5 Å². The molecule has 0 bridgehead atoms. The molecule has 1 aromatic heterocycles. The molecule has 0 aliphatic rings. The number of nitriles is 1. The lowest BCUT2D eigenvalue weighted by Gasteiger charge is -2.09. The molecule has 2 rings (SSSR count). The van der Waals surface area contributed by atoms with E-state index in [0.717, 1.165) is 6.07 Å². The number of aliphatic carboxylic acids is 1. The summed E-state index contributed by atoms with van der Waals surface area (Å²) in [6.45, 7) is 0.00606. The molecule has 0 radical (unpaired) electrons. The lowest BCUT2D eigenvalue weighted by atomic mass is 10.2. The van der Waals surface area contributed by atoms with Gasteiger partial charge in [-0.2, -0.15) is 18.4 Å². The van der Waals surface area contributed by atoms with Crippen molar-refractivity contribution in [3.8, 4) is 6.07 Å². The van der Waals surface area contributed by atoms with Crippen LogP contribution in [0.3, 0.4) is 0 Å². The molecule has 0 saturated heterocycles. The first-order valence-corrected chi connectivity index (χ1v) is 6.69. The third-order valence-electron chi connectivity index (χ3n) is 2.73.